The number of carbonyl (C=O) groups is 2. The topological polar surface area (TPSA) is 49.4 Å². The summed E-state index contributed by atoms with van der Waals surface area (Å²) >= 11 is 0. The minimum Gasteiger partial charge on any atom is -0.377 e. The van der Waals surface area contributed by atoms with E-state index >= 15 is 0 Å². The lowest BCUT2D eigenvalue weighted by molar-refractivity contribution is -0.117. The molecule has 4 heteroatoms. The second-order valence-corrected chi connectivity index (χ2v) is 3.75. The molecular weight excluding hydrogens is 180 g/mol. The van der Waals surface area contributed by atoms with Crippen LogP contribution in [0.5, 0.6) is 0 Å². The highest BCUT2D eigenvalue weighted by molar-refractivity contribution is 6.24. The molecule has 2 fully saturated rings. The van der Waals surface area contributed by atoms with Crippen LogP contribution in [0, 0.1) is 0 Å². The fourth-order valence-corrected chi connectivity index (χ4v) is 1.84. The number of piperidine rings is 1. The van der Waals surface area contributed by atoms with Crippen LogP contribution in [0.2, 0.25) is 0 Å². The highest BCUT2D eigenvalue weighted by Crippen LogP contribution is 2.12. The maximum Gasteiger partial charge on any atom is 0.256 e. The molecule has 0 atom stereocenters. The highest BCUT2D eigenvalue weighted by atomic mass is 16.2. The number of hydrogen-bond acceptors (Lipinski definition) is 3. The summed E-state index contributed by atoms with van der Waals surface area (Å²) in [6.07, 6.45) is 5.28. The fourth-order valence-electron chi connectivity index (χ4n) is 1.84. The van der Waals surface area contributed by atoms with Crippen LogP contribution in [0.25, 0.3) is 0 Å². The van der Waals surface area contributed by atoms with Crippen molar-refractivity contribution in [1.29, 1.82) is 0 Å². The van der Waals surface area contributed by atoms with Gasteiger partial charge in [-0.25, -0.2) is 0 Å². The molecule has 2 rings (SSSR count). The summed E-state index contributed by atoms with van der Waals surface area (Å²) in [4.78, 5) is 24.6. The van der Waals surface area contributed by atoms with Gasteiger partial charge in [0.05, 0.1) is 6.54 Å². The Labute approximate surface area is 83.0 Å². The number of hydrogen-bond donors (Lipinski definition) is 1. The van der Waals surface area contributed by atoms with Gasteiger partial charge in [-0.2, -0.15) is 0 Å². The molecule has 0 radical (unpaired) electrons. The van der Waals surface area contributed by atoms with Gasteiger partial charge in [-0.05, 0) is 19.3 Å². The standard InChI is InChI=1S/C10H14N2O2/c13-9-6-11-10(14)8(9)7-12-4-2-1-3-5-12/h7H,1-6H2,(H,11,14)/b8-7-. The quantitative estimate of drug-likeness (QED) is 0.474. The minimum absolute atomic E-state index is 0.0828. The molecule has 0 saturated carbocycles. The third-order valence-corrected chi connectivity index (χ3v) is 2.66. The number of carbonyl (C=O) groups excluding carboxylic acids is 2. The van der Waals surface area contributed by atoms with E-state index in [-0.39, 0.29) is 18.2 Å². The molecule has 0 aromatic carbocycles. The molecule has 0 aliphatic carbocycles. The molecular formula is C10H14N2O2. The molecule has 2 aliphatic heterocycles. The van der Waals surface area contributed by atoms with Crippen LogP contribution in [0.4, 0.5) is 0 Å². The highest BCUT2D eigenvalue weighted by Gasteiger charge is 2.26. The summed E-state index contributed by atoms with van der Waals surface area (Å²) in [6.45, 7) is 2.09. The SMILES string of the molecule is O=C1CNC(=O)/C1=C\N1CCCCC1. The van der Waals surface area contributed by atoms with Crippen LogP contribution in [0.3, 0.4) is 0 Å². The van der Waals surface area contributed by atoms with Gasteiger partial charge in [0.2, 0.25) is 0 Å². The second kappa shape index (κ2) is 3.82. The molecule has 2 aliphatic rings. The largest absolute Gasteiger partial charge is 0.377 e. The Bertz CT molecular complexity index is 272. The zero-order valence-electron chi connectivity index (χ0n) is 8.08. The average Bonchev–Trinajstić information content (AvgIpc) is 2.51. The van der Waals surface area contributed by atoms with E-state index < -0.39 is 0 Å². The maximum absolute atomic E-state index is 11.3. The average molecular weight is 194 g/mol. The predicted octanol–water partition coefficient (Wildman–Crippen LogP) is 0.0551. The van der Waals surface area contributed by atoms with Gasteiger partial charge in [0.1, 0.15) is 5.57 Å². The van der Waals surface area contributed by atoms with Gasteiger partial charge >= 0.3 is 0 Å². The van der Waals surface area contributed by atoms with E-state index in [1.54, 1.807) is 6.20 Å². The Kier molecular flexibility index (Phi) is 2.52. The van der Waals surface area contributed by atoms with E-state index in [1.807, 2.05) is 0 Å². The monoisotopic (exact) mass is 194 g/mol. The summed E-state index contributed by atoms with van der Waals surface area (Å²) in [7, 11) is 0. The van der Waals surface area contributed by atoms with Gasteiger partial charge in [0, 0.05) is 19.3 Å². The predicted molar refractivity (Wildman–Crippen MR) is 51.5 cm³/mol. The first-order valence-corrected chi connectivity index (χ1v) is 5.04. The third-order valence-electron chi connectivity index (χ3n) is 2.66. The first-order chi connectivity index (χ1) is 6.77. The summed E-state index contributed by atoms with van der Waals surface area (Å²) in [5.74, 6) is -0.304. The van der Waals surface area contributed by atoms with Crippen molar-refractivity contribution < 1.29 is 9.59 Å². The molecule has 0 aromatic heterocycles. The Balaban J connectivity index is 2.07. The molecule has 0 bridgehead atoms. The summed E-state index contributed by atoms with van der Waals surface area (Å²) in [5.41, 5.74) is 0.326. The van der Waals surface area contributed by atoms with Crippen molar-refractivity contribution in [1.82, 2.24) is 10.2 Å². The Hall–Kier alpha value is -1.32. The molecule has 2 saturated heterocycles. The Morgan fingerprint density at radius 1 is 1.14 bits per heavy atom. The summed E-state index contributed by atoms with van der Waals surface area (Å²) in [5, 5.41) is 2.53. The lowest BCUT2D eigenvalue weighted by Crippen LogP contribution is -2.26. The van der Waals surface area contributed by atoms with Crippen LogP contribution >= 0.6 is 0 Å². The molecule has 0 spiro atoms. The van der Waals surface area contributed by atoms with Gasteiger partial charge in [0.25, 0.3) is 5.91 Å². The van der Waals surface area contributed by atoms with E-state index in [2.05, 4.69) is 10.2 Å². The van der Waals surface area contributed by atoms with E-state index in [9.17, 15) is 9.59 Å². The minimum atomic E-state index is -0.222. The van der Waals surface area contributed by atoms with Crippen molar-refractivity contribution in [2.24, 2.45) is 0 Å². The lowest BCUT2D eigenvalue weighted by atomic mass is 10.1. The number of ketones is 1. The molecule has 14 heavy (non-hydrogen) atoms. The number of nitrogens with one attached hydrogen (secondary N) is 1. The molecule has 4 nitrogen and oxygen atoms in total. The number of Topliss-reactive ketones (excluding diaryl/α,β-unsaturated/α-hetero) is 1. The van der Waals surface area contributed by atoms with Crippen molar-refractivity contribution >= 4 is 11.7 Å². The van der Waals surface area contributed by atoms with Crippen molar-refractivity contribution in [2.75, 3.05) is 19.6 Å². The molecule has 76 valence electrons. The second-order valence-electron chi connectivity index (χ2n) is 3.75. The van der Waals surface area contributed by atoms with Crippen LogP contribution < -0.4 is 5.32 Å². The smallest absolute Gasteiger partial charge is 0.256 e. The third kappa shape index (κ3) is 1.78. The first kappa shape index (κ1) is 9.24. The summed E-state index contributed by atoms with van der Waals surface area (Å²) < 4.78 is 0. The van der Waals surface area contributed by atoms with E-state index in [0.717, 1.165) is 25.9 Å². The Morgan fingerprint density at radius 2 is 1.86 bits per heavy atom. The fraction of sp³-hybridized carbons (Fsp3) is 0.600. The molecule has 0 unspecified atom stereocenters. The normalized spacial score (nSPS) is 25.7. The van der Waals surface area contributed by atoms with Crippen LogP contribution in [-0.4, -0.2) is 36.2 Å². The van der Waals surface area contributed by atoms with Gasteiger partial charge in [-0.1, -0.05) is 0 Å². The van der Waals surface area contributed by atoms with Crippen LogP contribution in [0.1, 0.15) is 19.3 Å². The number of nitrogens with zero attached hydrogens (tertiary/aromatic N) is 1. The van der Waals surface area contributed by atoms with Crippen molar-refractivity contribution in [2.45, 2.75) is 19.3 Å². The zero-order chi connectivity index (χ0) is 9.97. The number of likely N-dealkylation sites (tertiary alicyclic amines) is 1. The van der Waals surface area contributed by atoms with E-state index in [0.29, 0.717) is 5.57 Å². The van der Waals surface area contributed by atoms with E-state index in [1.165, 1.54) is 6.42 Å². The van der Waals surface area contributed by atoms with Gasteiger partial charge in [-0.15, -0.1) is 0 Å². The number of rotatable bonds is 1. The summed E-state index contributed by atoms with van der Waals surface area (Å²) in [6, 6.07) is 0. The van der Waals surface area contributed by atoms with Crippen LogP contribution in [0.15, 0.2) is 11.8 Å². The van der Waals surface area contributed by atoms with Crippen LogP contribution in [-0.2, 0) is 9.59 Å². The van der Waals surface area contributed by atoms with Gasteiger partial charge in [-0.3, -0.25) is 9.59 Å². The van der Waals surface area contributed by atoms with Crippen molar-refractivity contribution in [3.05, 3.63) is 11.8 Å². The number of amides is 1. The molecule has 1 amide bonds. The lowest BCUT2D eigenvalue weighted by Gasteiger charge is -2.25. The first-order valence-electron chi connectivity index (χ1n) is 5.04. The zero-order valence-corrected chi connectivity index (χ0v) is 8.08. The Morgan fingerprint density at radius 3 is 2.43 bits per heavy atom. The molecule has 2 heterocycles. The van der Waals surface area contributed by atoms with E-state index in [4.69, 9.17) is 0 Å². The van der Waals surface area contributed by atoms with Gasteiger partial charge in [0.15, 0.2) is 5.78 Å². The molecule has 1 N–H and O–H groups in total. The van der Waals surface area contributed by atoms with Crippen molar-refractivity contribution in [3.63, 3.8) is 0 Å². The van der Waals surface area contributed by atoms with Crippen molar-refractivity contribution in [3.8, 4) is 0 Å². The molecule has 0 aromatic rings. The maximum atomic E-state index is 11.3. The van der Waals surface area contributed by atoms with Gasteiger partial charge < -0.3 is 10.2 Å².